The van der Waals surface area contributed by atoms with Gasteiger partial charge in [-0.2, -0.15) is 0 Å². The number of hydrogen-bond donors (Lipinski definition) is 2. The minimum atomic E-state index is -0.954. The van der Waals surface area contributed by atoms with Gasteiger partial charge < -0.3 is 15.3 Å². The first-order valence-corrected chi connectivity index (χ1v) is 8.17. The Morgan fingerprint density at radius 3 is 2.67 bits per heavy atom. The van der Waals surface area contributed by atoms with Crippen LogP contribution in [0.25, 0.3) is 0 Å². The third kappa shape index (κ3) is 3.42. The summed E-state index contributed by atoms with van der Waals surface area (Å²) in [7, 11) is 0. The number of rotatable bonds is 3. The van der Waals surface area contributed by atoms with Gasteiger partial charge in [0.15, 0.2) is 0 Å². The van der Waals surface area contributed by atoms with Gasteiger partial charge in [0.1, 0.15) is 6.04 Å². The van der Waals surface area contributed by atoms with Gasteiger partial charge in [-0.25, -0.2) is 9.59 Å². The minimum absolute atomic E-state index is 0.0370. The van der Waals surface area contributed by atoms with Gasteiger partial charge in [-0.05, 0) is 12.8 Å². The zero-order valence-corrected chi connectivity index (χ0v) is 13.1. The number of amides is 3. The van der Waals surface area contributed by atoms with E-state index in [9.17, 15) is 19.5 Å². The second-order valence-electron chi connectivity index (χ2n) is 5.37. The van der Waals surface area contributed by atoms with Crippen molar-refractivity contribution in [2.24, 2.45) is 0 Å². The summed E-state index contributed by atoms with van der Waals surface area (Å²) in [6, 6.07) is -1.02. The van der Waals surface area contributed by atoms with Crippen LogP contribution in [0.1, 0.15) is 26.7 Å². The predicted molar refractivity (Wildman–Crippen MR) is 79.0 cm³/mol. The fraction of sp³-hybridized carbons (Fsp3) is 0.769. The highest BCUT2D eigenvalue weighted by molar-refractivity contribution is 8.00. The highest BCUT2D eigenvalue weighted by atomic mass is 32.2. The number of carbonyl (C=O) groups excluding carboxylic acids is 2. The Morgan fingerprint density at radius 2 is 2.10 bits per heavy atom. The predicted octanol–water partition coefficient (Wildman–Crippen LogP) is 0.555. The van der Waals surface area contributed by atoms with Crippen LogP contribution >= 0.6 is 11.8 Å². The van der Waals surface area contributed by atoms with E-state index in [-0.39, 0.29) is 23.4 Å². The van der Waals surface area contributed by atoms with Gasteiger partial charge in [0.25, 0.3) is 0 Å². The second kappa shape index (κ2) is 6.55. The van der Waals surface area contributed by atoms with Crippen LogP contribution < -0.4 is 5.32 Å². The van der Waals surface area contributed by atoms with Crippen LogP contribution in [0.2, 0.25) is 0 Å². The number of carbonyl (C=O) groups is 3. The number of likely N-dealkylation sites (tertiary alicyclic amines) is 1. The first-order valence-electron chi connectivity index (χ1n) is 7.12. The van der Waals surface area contributed by atoms with Crippen molar-refractivity contribution in [2.45, 2.75) is 44.1 Å². The molecule has 2 aliphatic rings. The molecule has 2 rings (SSSR count). The van der Waals surface area contributed by atoms with Crippen molar-refractivity contribution in [2.75, 3.05) is 18.8 Å². The first kappa shape index (κ1) is 15.9. The van der Waals surface area contributed by atoms with Crippen LogP contribution in [0.5, 0.6) is 0 Å². The SMILES string of the molecule is CCC1SCC(C(=O)O)N1C(=O)N1CCC(NC(C)=O)C1. The molecule has 2 heterocycles. The Hall–Kier alpha value is -1.44. The van der Waals surface area contributed by atoms with E-state index in [4.69, 9.17) is 0 Å². The summed E-state index contributed by atoms with van der Waals surface area (Å²) in [5, 5.41) is 12.0. The Bertz CT molecular complexity index is 445. The second-order valence-corrected chi connectivity index (χ2v) is 6.58. The van der Waals surface area contributed by atoms with E-state index in [0.29, 0.717) is 25.3 Å². The molecule has 2 saturated heterocycles. The molecule has 2 aliphatic heterocycles. The van der Waals surface area contributed by atoms with Gasteiger partial charge >= 0.3 is 12.0 Å². The van der Waals surface area contributed by atoms with Crippen molar-refractivity contribution < 1.29 is 19.5 Å². The average Bonchev–Trinajstić information content (AvgIpc) is 3.02. The van der Waals surface area contributed by atoms with E-state index in [2.05, 4.69) is 5.32 Å². The number of nitrogens with one attached hydrogen (secondary N) is 1. The number of carboxylic acids is 1. The van der Waals surface area contributed by atoms with Gasteiger partial charge in [0.05, 0.1) is 5.37 Å². The van der Waals surface area contributed by atoms with Crippen LogP contribution in [0.3, 0.4) is 0 Å². The van der Waals surface area contributed by atoms with E-state index in [1.165, 1.54) is 23.6 Å². The number of aliphatic carboxylic acids is 1. The zero-order valence-electron chi connectivity index (χ0n) is 12.2. The van der Waals surface area contributed by atoms with Crippen LogP contribution in [0.15, 0.2) is 0 Å². The lowest BCUT2D eigenvalue weighted by molar-refractivity contribution is -0.141. The maximum Gasteiger partial charge on any atom is 0.327 e. The van der Waals surface area contributed by atoms with Crippen molar-refractivity contribution in [1.29, 1.82) is 0 Å². The summed E-state index contributed by atoms with van der Waals surface area (Å²) >= 11 is 1.51. The van der Waals surface area contributed by atoms with E-state index in [1.807, 2.05) is 6.92 Å². The fourth-order valence-electron chi connectivity index (χ4n) is 2.83. The molecule has 7 nitrogen and oxygen atoms in total. The Balaban J connectivity index is 2.04. The highest BCUT2D eigenvalue weighted by Gasteiger charge is 2.43. The molecule has 118 valence electrons. The van der Waals surface area contributed by atoms with E-state index >= 15 is 0 Å². The highest BCUT2D eigenvalue weighted by Crippen LogP contribution is 2.32. The fourth-order valence-corrected chi connectivity index (χ4v) is 4.17. The molecular formula is C13H21N3O4S. The Kier molecular flexibility index (Phi) is 4.97. The third-order valence-corrected chi connectivity index (χ3v) is 5.27. The molecule has 3 unspecified atom stereocenters. The van der Waals surface area contributed by atoms with Gasteiger partial charge in [0, 0.05) is 31.8 Å². The zero-order chi connectivity index (χ0) is 15.6. The minimum Gasteiger partial charge on any atom is -0.480 e. The summed E-state index contributed by atoms with van der Waals surface area (Å²) in [5.74, 6) is -0.631. The van der Waals surface area contributed by atoms with Crippen molar-refractivity contribution in [3.05, 3.63) is 0 Å². The van der Waals surface area contributed by atoms with Gasteiger partial charge in [-0.3, -0.25) is 9.69 Å². The molecule has 0 bridgehead atoms. The molecule has 0 spiro atoms. The van der Waals surface area contributed by atoms with Crippen LogP contribution in [-0.4, -0.2) is 69.1 Å². The number of urea groups is 1. The lowest BCUT2D eigenvalue weighted by atomic mass is 10.2. The molecule has 21 heavy (non-hydrogen) atoms. The van der Waals surface area contributed by atoms with Crippen molar-refractivity contribution in [3.63, 3.8) is 0 Å². The molecule has 0 aromatic rings. The van der Waals surface area contributed by atoms with Gasteiger partial charge in [-0.1, -0.05) is 6.92 Å². The summed E-state index contributed by atoms with van der Waals surface area (Å²) in [4.78, 5) is 38.1. The number of hydrogen-bond acceptors (Lipinski definition) is 4. The van der Waals surface area contributed by atoms with Gasteiger partial charge in [-0.15, -0.1) is 11.8 Å². The molecule has 3 atom stereocenters. The van der Waals surface area contributed by atoms with Crippen LogP contribution in [0, 0.1) is 0 Å². The number of carboxylic acid groups (broad SMARTS) is 1. The van der Waals surface area contributed by atoms with Crippen molar-refractivity contribution >= 4 is 29.7 Å². The number of nitrogens with zero attached hydrogens (tertiary/aromatic N) is 2. The summed E-state index contributed by atoms with van der Waals surface area (Å²) in [6.07, 6.45) is 1.43. The van der Waals surface area contributed by atoms with Crippen molar-refractivity contribution in [1.82, 2.24) is 15.1 Å². The first-order chi connectivity index (χ1) is 9.93. The molecule has 0 aromatic heterocycles. The monoisotopic (exact) mass is 315 g/mol. The van der Waals surface area contributed by atoms with E-state index < -0.39 is 12.0 Å². The normalized spacial score (nSPS) is 28.8. The molecule has 0 radical (unpaired) electrons. The van der Waals surface area contributed by atoms with Crippen LogP contribution in [0.4, 0.5) is 4.79 Å². The quantitative estimate of drug-likeness (QED) is 0.794. The van der Waals surface area contributed by atoms with E-state index in [0.717, 1.165) is 6.42 Å². The Labute approximate surface area is 128 Å². The summed E-state index contributed by atoms with van der Waals surface area (Å²) in [5.41, 5.74) is 0. The molecule has 2 fully saturated rings. The largest absolute Gasteiger partial charge is 0.480 e. The lowest BCUT2D eigenvalue weighted by Crippen LogP contribution is -2.51. The van der Waals surface area contributed by atoms with Crippen LogP contribution in [-0.2, 0) is 9.59 Å². The maximum absolute atomic E-state index is 12.6. The lowest BCUT2D eigenvalue weighted by Gasteiger charge is -2.31. The van der Waals surface area contributed by atoms with E-state index in [1.54, 1.807) is 4.90 Å². The topological polar surface area (TPSA) is 89.9 Å². The molecule has 0 saturated carbocycles. The molecule has 8 heteroatoms. The summed E-state index contributed by atoms with van der Waals surface area (Å²) < 4.78 is 0. The molecule has 0 aliphatic carbocycles. The maximum atomic E-state index is 12.6. The molecule has 0 aromatic carbocycles. The Morgan fingerprint density at radius 1 is 1.38 bits per heavy atom. The van der Waals surface area contributed by atoms with Crippen molar-refractivity contribution in [3.8, 4) is 0 Å². The number of thioether (sulfide) groups is 1. The molecule has 3 amide bonds. The molecule has 2 N–H and O–H groups in total. The summed E-state index contributed by atoms with van der Waals surface area (Å²) in [6.45, 7) is 4.40. The molecular weight excluding hydrogens is 294 g/mol. The average molecular weight is 315 g/mol. The standard InChI is InChI=1S/C13H21N3O4S/c1-3-11-16(10(7-21-11)12(18)19)13(20)15-5-4-9(6-15)14-8(2)17/h9-11H,3-7H2,1-2H3,(H,14,17)(H,18,19). The smallest absolute Gasteiger partial charge is 0.327 e. The third-order valence-electron chi connectivity index (χ3n) is 3.81. The van der Waals surface area contributed by atoms with Gasteiger partial charge in [0.2, 0.25) is 5.91 Å².